The van der Waals surface area contributed by atoms with Crippen LogP contribution in [0.5, 0.6) is 0 Å². The van der Waals surface area contributed by atoms with E-state index < -0.39 is 0 Å². The molecule has 106 valence electrons. The molecule has 3 N–H and O–H groups in total. The third-order valence-corrected chi connectivity index (χ3v) is 4.01. The lowest BCUT2D eigenvalue weighted by molar-refractivity contribution is -0.136. The summed E-state index contributed by atoms with van der Waals surface area (Å²) in [7, 11) is 0. The van der Waals surface area contributed by atoms with Crippen LogP contribution in [-0.4, -0.2) is 31.2 Å². The molecule has 3 atom stereocenters. The molecule has 1 saturated carbocycles. The molecule has 1 heterocycles. The maximum absolute atomic E-state index is 12.1. The van der Waals surface area contributed by atoms with Crippen LogP contribution >= 0.6 is 12.4 Å². The number of carbonyl (C=O) groups is 1. The largest absolute Gasteiger partial charge is 0.368 e. The number of hydrogen-bond acceptors (Lipinski definition) is 3. The van der Waals surface area contributed by atoms with Gasteiger partial charge in [-0.3, -0.25) is 4.79 Å². The van der Waals surface area contributed by atoms with Gasteiger partial charge < -0.3 is 15.8 Å². The zero-order chi connectivity index (χ0) is 12.1. The molecule has 2 fully saturated rings. The standard InChI is InChI=1S/C13H24N2O2.ClH/c14-9-10-5-1-2-6-11(10)15-13(16)12-7-3-4-8-17-12;/h10-12H,1-9,14H2,(H,15,16);1H. The van der Waals surface area contributed by atoms with E-state index in [9.17, 15) is 4.79 Å². The minimum Gasteiger partial charge on any atom is -0.368 e. The molecule has 0 radical (unpaired) electrons. The first kappa shape index (κ1) is 15.7. The molecule has 2 rings (SSSR count). The number of rotatable bonds is 3. The number of carbonyl (C=O) groups excluding carboxylic acids is 1. The van der Waals surface area contributed by atoms with Crippen molar-refractivity contribution in [2.24, 2.45) is 11.7 Å². The average Bonchev–Trinajstić information content (AvgIpc) is 2.40. The zero-order valence-electron chi connectivity index (χ0n) is 10.9. The second-order valence-corrected chi connectivity index (χ2v) is 5.25. The Morgan fingerprint density at radius 3 is 2.56 bits per heavy atom. The lowest BCUT2D eigenvalue weighted by Crippen LogP contribution is -2.49. The highest BCUT2D eigenvalue weighted by molar-refractivity contribution is 5.85. The summed E-state index contributed by atoms with van der Waals surface area (Å²) in [5.41, 5.74) is 5.77. The summed E-state index contributed by atoms with van der Waals surface area (Å²) < 4.78 is 5.51. The van der Waals surface area contributed by atoms with E-state index in [2.05, 4.69) is 5.32 Å². The van der Waals surface area contributed by atoms with Gasteiger partial charge in [0.2, 0.25) is 5.91 Å². The average molecular weight is 277 g/mol. The van der Waals surface area contributed by atoms with Crippen LogP contribution in [-0.2, 0) is 9.53 Å². The summed E-state index contributed by atoms with van der Waals surface area (Å²) >= 11 is 0. The van der Waals surface area contributed by atoms with Gasteiger partial charge in [0.05, 0.1) is 0 Å². The molecule has 0 bridgehead atoms. The first-order valence-corrected chi connectivity index (χ1v) is 6.93. The number of ether oxygens (including phenoxy) is 1. The van der Waals surface area contributed by atoms with Gasteiger partial charge in [-0.05, 0) is 44.6 Å². The van der Waals surface area contributed by atoms with Gasteiger partial charge in [0.1, 0.15) is 6.10 Å². The Morgan fingerprint density at radius 2 is 1.89 bits per heavy atom. The summed E-state index contributed by atoms with van der Waals surface area (Å²) in [4.78, 5) is 12.1. The minimum atomic E-state index is -0.218. The predicted molar refractivity (Wildman–Crippen MR) is 73.8 cm³/mol. The Labute approximate surface area is 115 Å². The van der Waals surface area contributed by atoms with E-state index in [0.717, 1.165) is 38.7 Å². The number of hydrogen-bond donors (Lipinski definition) is 2. The number of amides is 1. The smallest absolute Gasteiger partial charge is 0.249 e. The van der Waals surface area contributed by atoms with Crippen molar-refractivity contribution in [3.05, 3.63) is 0 Å². The quantitative estimate of drug-likeness (QED) is 0.823. The van der Waals surface area contributed by atoms with Crippen molar-refractivity contribution in [1.29, 1.82) is 0 Å². The molecule has 1 saturated heterocycles. The number of nitrogens with two attached hydrogens (primary N) is 1. The van der Waals surface area contributed by atoms with Gasteiger partial charge in [-0.1, -0.05) is 12.8 Å². The summed E-state index contributed by atoms with van der Waals surface area (Å²) in [5.74, 6) is 0.534. The van der Waals surface area contributed by atoms with Crippen LogP contribution in [0.15, 0.2) is 0 Å². The molecule has 0 aromatic heterocycles. The molecule has 0 aromatic rings. The molecular weight excluding hydrogens is 252 g/mol. The maximum atomic E-state index is 12.1. The van der Waals surface area contributed by atoms with E-state index in [0.29, 0.717) is 12.5 Å². The van der Waals surface area contributed by atoms with E-state index in [1.165, 1.54) is 12.8 Å². The van der Waals surface area contributed by atoms with Crippen LogP contribution < -0.4 is 11.1 Å². The first-order chi connectivity index (χ1) is 8.31. The first-order valence-electron chi connectivity index (χ1n) is 6.93. The van der Waals surface area contributed by atoms with Crippen LogP contribution in [0.1, 0.15) is 44.9 Å². The second kappa shape index (κ2) is 7.97. The normalized spacial score (nSPS) is 32.4. The van der Waals surface area contributed by atoms with Gasteiger partial charge in [0.25, 0.3) is 0 Å². The molecule has 1 aliphatic heterocycles. The highest BCUT2D eigenvalue weighted by Crippen LogP contribution is 2.24. The Balaban J connectivity index is 0.00000162. The third-order valence-electron chi connectivity index (χ3n) is 4.01. The minimum absolute atomic E-state index is 0. The van der Waals surface area contributed by atoms with E-state index in [1.807, 2.05) is 0 Å². The van der Waals surface area contributed by atoms with Gasteiger partial charge in [-0.15, -0.1) is 12.4 Å². The summed E-state index contributed by atoms with van der Waals surface area (Å²) in [6.07, 6.45) is 7.49. The summed E-state index contributed by atoms with van der Waals surface area (Å²) in [5, 5.41) is 3.15. The van der Waals surface area contributed by atoms with Crippen LogP contribution in [0.2, 0.25) is 0 Å². The summed E-state index contributed by atoms with van der Waals surface area (Å²) in [6, 6.07) is 0.270. The van der Waals surface area contributed by atoms with Crippen LogP contribution in [0, 0.1) is 5.92 Å². The highest BCUT2D eigenvalue weighted by Gasteiger charge is 2.29. The van der Waals surface area contributed by atoms with E-state index in [-0.39, 0.29) is 30.5 Å². The van der Waals surface area contributed by atoms with E-state index >= 15 is 0 Å². The van der Waals surface area contributed by atoms with Crippen molar-refractivity contribution in [3.63, 3.8) is 0 Å². The second-order valence-electron chi connectivity index (χ2n) is 5.25. The van der Waals surface area contributed by atoms with Crippen molar-refractivity contribution in [2.75, 3.05) is 13.2 Å². The molecule has 3 unspecified atom stereocenters. The third kappa shape index (κ3) is 4.11. The summed E-state index contributed by atoms with van der Waals surface area (Å²) in [6.45, 7) is 1.40. The number of nitrogens with one attached hydrogen (secondary N) is 1. The van der Waals surface area contributed by atoms with Crippen molar-refractivity contribution in [2.45, 2.75) is 57.1 Å². The van der Waals surface area contributed by atoms with Crippen LogP contribution in [0.4, 0.5) is 0 Å². The van der Waals surface area contributed by atoms with Gasteiger partial charge in [0, 0.05) is 12.6 Å². The molecule has 1 amide bonds. The van der Waals surface area contributed by atoms with Crippen molar-refractivity contribution in [3.8, 4) is 0 Å². The lowest BCUT2D eigenvalue weighted by Gasteiger charge is -2.33. The van der Waals surface area contributed by atoms with Crippen LogP contribution in [0.3, 0.4) is 0 Å². The van der Waals surface area contributed by atoms with Gasteiger partial charge >= 0.3 is 0 Å². The topological polar surface area (TPSA) is 64.3 Å². The molecule has 2 aliphatic rings. The fourth-order valence-electron chi connectivity index (χ4n) is 2.90. The SMILES string of the molecule is Cl.NCC1CCCCC1NC(=O)C1CCCCO1. The van der Waals surface area contributed by atoms with Gasteiger partial charge in [0.15, 0.2) is 0 Å². The van der Waals surface area contributed by atoms with Crippen LogP contribution in [0.25, 0.3) is 0 Å². The highest BCUT2D eigenvalue weighted by atomic mass is 35.5. The number of halogens is 1. The Hall–Kier alpha value is -0.320. The fraction of sp³-hybridized carbons (Fsp3) is 0.923. The Bertz CT molecular complexity index is 257. The molecule has 4 nitrogen and oxygen atoms in total. The zero-order valence-corrected chi connectivity index (χ0v) is 11.7. The van der Waals surface area contributed by atoms with Gasteiger partial charge in [-0.2, -0.15) is 0 Å². The van der Waals surface area contributed by atoms with Crippen molar-refractivity contribution < 1.29 is 9.53 Å². The van der Waals surface area contributed by atoms with E-state index in [4.69, 9.17) is 10.5 Å². The van der Waals surface area contributed by atoms with E-state index in [1.54, 1.807) is 0 Å². The molecule has 1 aliphatic carbocycles. The monoisotopic (exact) mass is 276 g/mol. The Kier molecular flexibility index (Phi) is 6.97. The lowest BCUT2D eigenvalue weighted by atomic mass is 9.84. The molecule has 5 heteroatoms. The molecular formula is C13H25ClN2O2. The molecule has 18 heavy (non-hydrogen) atoms. The molecule has 0 spiro atoms. The predicted octanol–water partition coefficient (Wildman–Crippen LogP) is 1.61. The Morgan fingerprint density at radius 1 is 1.17 bits per heavy atom. The fourth-order valence-corrected chi connectivity index (χ4v) is 2.90. The molecule has 0 aromatic carbocycles. The van der Waals surface area contributed by atoms with Crippen molar-refractivity contribution in [1.82, 2.24) is 5.32 Å². The maximum Gasteiger partial charge on any atom is 0.249 e. The van der Waals surface area contributed by atoms with Crippen molar-refractivity contribution >= 4 is 18.3 Å². The van der Waals surface area contributed by atoms with Gasteiger partial charge in [-0.25, -0.2) is 0 Å².